The normalized spacial score (nSPS) is 11.7. The zero-order valence-electron chi connectivity index (χ0n) is 12.3. The molecule has 0 aliphatic rings. The van der Waals surface area contributed by atoms with Crippen LogP contribution < -0.4 is 0 Å². The quantitative estimate of drug-likeness (QED) is 0.551. The Morgan fingerprint density at radius 1 is 0.952 bits per heavy atom. The van der Waals surface area contributed by atoms with Crippen LogP contribution in [0.25, 0.3) is 0 Å². The molecule has 21 heavy (non-hydrogen) atoms. The summed E-state index contributed by atoms with van der Waals surface area (Å²) in [6.45, 7) is 4.25. The zero-order valence-corrected chi connectivity index (χ0v) is 15.4. The molecule has 0 spiro atoms. The lowest BCUT2D eigenvalue weighted by molar-refractivity contribution is 0.536. The van der Waals surface area contributed by atoms with Gasteiger partial charge in [0.25, 0.3) is 0 Å². The molecule has 112 valence electrons. The van der Waals surface area contributed by atoms with Crippen LogP contribution in [-0.4, -0.2) is 11.8 Å². The molecule has 0 unspecified atom stereocenters. The number of benzene rings is 2. The largest absolute Gasteiger partial charge is 0.126 e. The molecular weight excluding hydrogens is 367 g/mol. The minimum Gasteiger partial charge on any atom is -0.126 e. The molecular formula is C18H19BrCl2. The Kier molecular flexibility index (Phi) is 5.76. The molecule has 0 heterocycles. The SMILES string of the molecule is Cc1cc(C)cc(CC(CCl)(CCl)c2cccc(Br)c2)c1. The molecule has 0 saturated heterocycles. The van der Waals surface area contributed by atoms with Gasteiger partial charge in [-0.2, -0.15) is 0 Å². The fraction of sp³-hybridized carbons (Fsp3) is 0.333. The highest BCUT2D eigenvalue weighted by atomic mass is 79.9. The monoisotopic (exact) mass is 384 g/mol. The molecule has 0 atom stereocenters. The highest BCUT2D eigenvalue weighted by Gasteiger charge is 2.31. The summed E-state index contributed by atoms with van der Waals surface area (Å²) in [5.41, 5.74) is 4.78. The molecule has 0 radical (unpaired) electrons. The van der Waals surface area contributed by atoms with E-state index in [-0.39, 0.29) is 5.41 Å². The third kappa shape index (κ3) is 4.03. The molecule has 0 aliphatic carbocycles. The van der Waals surface area contributed by atoms with E-state index in [0.29, 0.717) is 11.8 Å². The van der Waals surface area contributed by atoms with Crippen molar-refractivity contribution >= 4 is 39.1 Å². The van der Waals surface area contributed by atoms with Crippen LogP contribution in [0.15, 0.2) is 46.9 Å². The van der Waals surface area contributed by atoms with E-state index >= 15 is 0 Å². The first-order valence-corrected chi connectivity index (χ1v) is 8.80. The Hall–Kier alpha value is -0.500. The number of rotatable bonds is 5. The van der Waals surface area contributed by atoms with Crippen molar-refractivity contribution in [1.82, 2.24) is 0 Å². The lowest BCUT2D eigenvalue weighted by Gasteiger charge is -2.31. The van der Waals surface area contributed by atoms with Crippen molar-refractivity contribution in [3.05, 3.63) is 69.2 Å². The Morgan fingerprint density at radius 3 is 2.10 bits per heavy atom. The second-order valence-corrected chi connectivity index (χ2v) is 7.18. The average molecular weight is 386 g/mol. The maximum atomic E-state index is 6.34. The molecule has 0 amide bonds. The van der Waals surface area contributed by atoms with Crippen molar-refractivity contribution in [2.45, 2.75) is 25.7 Å². The first-order valence-electron chi connectivity index (χ1n) is 6.94. The van der Waals surface area contributed by atoms with Gasteiger partial charge >= 0.3 is 0 Å². The maximum absolute atomic E-state index is 6.34. The van der Waals surface area contributed by atoms with Gasteiger partial charge in [0.1, 0.15) is 0 Å². The molecule has 0 N–H and O–H groups in total. The molecule has 0 saturated carbocycles. The van der Waals surface area contributed by atoms with E-state index in [1.165, 1.54) is 22.3 Å². The molecule has 2 aromatic carbocycles. The van der Waals surface area contributed by atoms with E-state index < -0.39 is 0 Å². The summed E-state index contributed by atoms with van der Waals surface area (Å²) in [5, 5.41) is 0. The third-order valence-corrected chi connectivity index (χ3v) is 5.29. The van der Waals surface area contributed by atoms with Crippen LogP contribution in [0.2, 0.25) is 0 Å². The van der Waals surface area contributed by atoms with Gasteiger partial charge in [-0.05, 0) is 43.5 Å². The van der Waals surface area contributed by atoms with Gasteiger partial charge in [0.05, 0.1) is 0 Å². The van der Waals surface area contributed by atoms with Crippen LogP contribution >= 0.6 is 39.1 Å². The van der Waals surface area contributed by atoms with Crippen LogP contribution in [0.4, 0.5) is 0 Å². The Balaban J connectivity index is 2.42. The fourth-order valence-electron chi connectivity index (χ4n) is 2.77. The molecule has 2 aromatic rings. The van der Waals surface area contributed by atoms with Crippen molar-refractivity contribution in [2.75, 3.05) is 11.8 Å². The molecule has 0 bridgehead atoms. The maximum Gasteiger partial charge on any atom is 0.0335 e. The summed E-state index contributed by atoms with van der Waals surface area (Å²) in [4.78, 5) is 0. The molecule has 0 aromatic heterocycles. The van der Waals surface area contributed by atoms with Crippen molar-refractivity contribution in [3.63, 3.8) is 0 Å². The smallest absolute Gasteiger partial charge is 0.0335 e. The zero-order chi connectivity index (χ0) is 15.5. The van der Waals surface area contributed by atoms with Gasteiger partial charge < -0.3 is 0 Å². The van der Waals surface area contributed by atoms with E-state index in [2.05, 4.69) is 60.1 Å². The second-order valence-electron chi connectivity index (χ2n) is 5.73. The van der Waals surface area contributed by atoms with E-state index in [4.69, 9.17) is 23.2 Å². The Labute approximate surface area is 145 Å². The number of alkyl halides is 2. The highest BCUT2D eigenvalue weighted by Crippen LogP contribution is 2.33. The average Bonchev–Trinajstić information content (AvgIpc) is 2.44. The van der Waals surface area contributed by atoms with E-state index in [1.54, 1.807) is 0 Å². The topological polar surface area (TPSA) is 0 Å². The van der Waals surface area contributed by atoms with Crippen molar-refractivity contribution in [1.29, 1.82) is 0 Å². The van der Waals surface area contributed by atoms with Crippen molar-refractivity contribution in [2.24, 2.45) is 0 Å². The second kappa shape index (κ2) is 7.17. The minimum absolute atomic E-state index is 0.243. The first-order chi connectivity index (χ1) is 9.99. The molecule has 0 nitrogen and oxygen atoms in total. The van der Waals surface area contributed by atoms with Gasteiger partial charge in [0.2, 0.25) is 0 Å². The first kappa shape index (κ1) is 16.9. The number of aryl methyl sites for hydroxylation is 2. The van der Waals surface area contributed by atoms with Gasteiger partial charge in [-0.3, -0.25) is 0 Å². The lowest BCUT2D eigenvalue weighted by atomic mass is 9.78. The van der Waals surface area contributed by atoms with Crippen molar-refractivity contribution in [3.8, 4) is 0 Å². The number of hydrogen-bond donors (Lipinski definition) is 0. The lowest BCUT2D eigenvalue weighted by Crippen LogP contribution is -2.33. The Morgan fingerprint density at radius 2 is 1.57 bits per heavy atom. The van der Waals surface area contributed by atoms with Gasteiger partial charge in [0.15, 0.2) is 0 Å². The Bertz CT molecular complexity index is 598. The molecule has 0 fully saturated rings. The number of halogens is 3. The third-order valence-electron chi connectivity index (χ3n) is 3.77. The van der Waals surface area contributed by atoms with Crippen LogP contribution in [-0.2, 0) is 11.8 Å². The predicted octanol–water partition coefficient (Wildman–Crippen LogP) is 6.02. The molecule has 3 heteroatoms. The minimum atomic E-state index is -0.243. The molecule has 0 aliphatic heterocycles. The van der Waals surface area contributed by atoms with Crippen molar-refractivity contribution < 1.29 is 0 Å². The number of hydrogen-bond acceptors (Lipinski definition) is 0. The summed E-state index contributed by atoms with van der Waals surface area (Å²) in [7, 11) is 0. The van der Waals surface area contributed by atoms with E-state index in [9.17, 15) is 0 Å². The van der Waals surface area contributed by atoms with Crippen LogP contribution in [0.3, 0.4) is 0 Å². The fourth-order valence-corrected chi connectivity index (χ4v) is 3.95. The summed E-state index contributed by atoms with van der Waals surface area (Å²) < 4.78 is 1.06. The van der Waals surface area contributed by atoms with E-state index in [1.807, 2.05) is 12.1 Å². The molecule has 2 rings (SSSR count). The summed E-state index contributed by atoms with van der Waals surface area (Å²) in [5.74, 6) is 1.000. The summed E-state index contributed by atoms with van der Waals surface area (Å²) >= 11 is 16.2. The van der Waals surface area contributed by atoms with Gasteiger partial charge in [-0.25, -0.2) is 0 Å². The summed E-state index contributed by atoms with van der Waals surface area (Å²) in [6, 6.07) is 14.9. The van der Waals surface area contributed by atoms with Crippen LogP contribution in [0.1, 0.15) is 22.3 Å². The van der Waals surface area contributed by atoms with Gasteiger partial charge in [-0.1, -0.05) is 57.4 Å². The van der Waals surface area contributed by atoms with E-state index in [0.717, 1.165) is 10.9 Å². The highest BCUT2D eigenvalue weighted by molar-refractivity contribution is 9.10. The summed E-state index contributed by atoms with van der Waals surface area (Å²) in [6.07, 6.45) is 0.846. The van der Waals surface area contributed by atoms with Gasteiger partial charge in [-0.15, -0.1) is 23.2 Å². The van der Waals surface area contributed by atoms with Gasteiger partial charge in [0, 0.05) is 21.6 Å². The predicted molar refractivity (Wildman–Crippen MR) is 96.9 cm³/mol. The standard InChI is InChI=1S/C18H19BrCl2/c1-13-6-14(2)8-15(7-13)10-18(11-20,12-21)16-4-3-5-17(19)9-16/h3-9H,10-12H2,1-2H3. The van der Waals surface area contributed by atoms with Crippen LogP contribution in [0, 0.1) is 13.8 Å². The van der Waals surface area contributed by atoms with Crippen LogP contribution in [0.5, 0.6) is 0 Å².